The molecule has 2 amide bonds. The molecule has 12 heteroatoms. The largest absolute Gasteiger partial charge is 0.449 e. The summed E-state index contributed by atoms with van der Waals surface area (Å²) >= 11 is 18.3. The summed E-state index contributed by atoms with van der Waals surface area (Å²) in [5.74, 6) is 6.63. The molecule has 1 saturated heterocycles. The quantitative estimate of drug-likeness (QED) is 0.265. The summed E-state index contributed by atoms with van der Waals surface area (Å²) in [5.41, 5.74) is 0.416. The molecule has 1 aliphatic heterocycles. The molecule has 1 aromatic carbocycles. The van der Waals surface area contributed by atoms with Crippen LogP contribution in [0.4, 0.5) is 16.3 Å². The third kappa shape index (κ3) is 7.57. The fourth-order valence-electron chi connectivity index (χ4n) is 3.69. The van der Waals surface area contributed by atoms with Crippen molar-refractivity contribution in [3.05, 3.63) is 45.3 Å². The lowest BCUT2D eigenvalue weighted by molar-refractivity contribution is 0.0784. The van der Waals surface area contributed by atoms with E-state index in [1.807, 2.05) is 13.8 Å². The van der Waals surface area contributed by atoms with Crippen LogP contribution in [0.2, 0.25) is 15.3 Å². The number of benzene rings is 1. The molecule has 2 aromatic rings. The van der Waals surface area contributed by atoms with Crippen molar-refractivity contribution in [1.29, 1.82) is 0 Å². The van der Waals surface area contributed by atoms with E-state index in [1.165, 1.54) is 11.2 Å². The van der Waals surface area contributed by atoms with Crippen LogP contribution in [0.3, 0.4) is 0 Å². The van der Waals surface area contributed by atoms with Crippen molar-refractivity contribution in [1.82, 2.24) is 14.9 Å². The number of ether oxygens (including phenoxy) is 1. The highest BCUT2D eigenvalue weighted by molar-refractivity contribution is 6.40. The van der Waals surface area contributed by atoms with Crippen molar-refractivity contribution in [2.45, 2.75) is 33.1 Å². The number of piperidine rings is 1. The summed E-state index contributed by atoms with van der Waals surface area (Å²) in [6.45, 7) is 6.13. The number of nitrogens with two attached hydrogens (primary N) is 1. The predicted octanol–water partition coefficient (Wildman–Crippen LogP) is 5.26. The summed E-state index contributed by atoms with van der Waals surface area (Å²) in [6, 6.07) is 4.91. The maximum atomic E-state index is 13.0. The van der Waals surface area contributed by atoms with Gasteiger partial charge in [0.15, 0.2) is 5.82 Å². The van der Waals surface area contributed by atoms with E-state index in [0.29, 0.717) is 48.1 Å². The lowest BCUT2D eigenvalue weighted by atomic mass is 9.93. The summed E-state index contributed by atoms with van der Waals surface area (Å²) < 4.78 is 5.32. The fraction of sp³-hybridized carbons (Fsp3) is 0.478. The number of nitrogens with one attached hydrogen (secondary N) is 1. The molecule has 0 unspecified atom stereocenters. The number of carbonyl (C=O) groups is 2. The van der Waals surface area contributed by atoms with Gasteiger partial charge in [0.2, 0.25) is 5.28 Å². The van der Waals surface area contributed by atoms with Crippen molar-refractivity contribution in [2.24, 2.45) is 17.7 Å². The first-order valence-electron chi connectivity index (χ1n) is 11.4. The maximum absolute atomic E-state index is 13.0. The molecular weight excluding hydrogens is 515 g/mol. The molecule has 0 saturated carbocycles. The summed E-state index contributed by atoms with van der Waals surface area (Å²) in [7, 11) is 0. The highest BCUT2D eigenvalue weighted by Crippen LogP contribution is 2.31. The zero-order valence-electron chi connectivity index (χ0n) is 19.6. The lowest BCUT2D eigenvalue weighted by Gasteiger charge is -2.32. The Kier molecular flexibility index (Phi) is 9.80. The molecule has 1 fully saturated rings. The Labute approximate surface area is 219 Å². The number of hydrogen-bond acceptors (Lipinski definition) is 7. The smallest absolute Gasteiger partial charge is 0.409 e. The minimum atomic E-state index is -0.518. The second-order valence-electron chi connectivity index (χ2n) is 8.81. The zero-order valence-corrected chi connectivity index (χ0v) is 21.9. The van der Waals surface area contributed by atoms with Gasteiger partial charge in [-0.25, -0.2) is 15.6 Å². The van der Waals surface area contributed by atoms with Crippen molar-refractivity contribution >= 4 is 58.3 Å². The van der Waals surface area contributed by atoms with E-state index in [1.54, 1.807) is 23.1 Å². The first-order chi connectivity index (χ1) is 16.7. The van der Waals surface area contributed by atoms with E-state index in [0.717, 1.165) is 19.3 Å². The van der Waals surface area contributed by atoms with Crippen molar-refractivity contribution < 1.29 is 14.3 Å². The van der Waals surface area contributed by atoms with Crippen LogP contribution in [-0.2, 0) is 4.74 Å². The van der Waals surface area contributed by atoms with E-state index >= 15 is 0 Å². The molecule has 0 aliphatic carbocycles. The number of nitrogens with zero attached hydrogens (tertiary/aromatic N) is 4. The number of aromatic nitrogens is 2. The van der Waals surface area contributed by atoms with Crippen LogP contribution in [0.25, 0.3) is 0 Å². The molecule has 0 radical (unpaired) electrons. The van der Waals surface area contributed by atoms with Gasteiger partial charge in [0.05, 0.1) is 22.3 Å². The Morgan fingerprint density at radius 2 is 1.89 bits per heavy atom. The van der Waals surface area contributed by atoms with Crippen LogP contribution in [-0.4, -0.2) is 53.1 Å². The Morgan fingerprint density at radius 3 is 2.51 bits per heavy atom. The van der Waals surface area contributed by atoms with Crippen molar-refractivity contribution in [3.8, 4) is 0 Å². The molecule has 0 atom stereocenters. The van der Waals surface area contributed by atoms with E-state index in [4.69, 9.17) is 45.4 Å². The predicted molar refractivity (Wildman–Crippen MR) is 138 cm³/mol. The average Bonchev–Trinajstić information content (AvgIpc) is 2.83. The third-order valence-corrected chi connectivity index (χ3v) is 6.46. The SMILES string of the molecule is CC(C)COC(=O)N1CCC(CCN(N)c2nc(Cl)ncc2C(=O)Nc2c(Cl)cccc2Cl)CC1. The average molecular weight is 544 g/mol. The van der Waals surface area contributed by atoms with Crippen LogP contribution >= 0.6 is 34.8 Å². The number of carbonyl (C=O) groups excluding carboxylic acids is 2. The first kappa shape index (κ1) is 27.3. The van der Waals surface area contributed by atoms with E-state index in [-0.39, 0.29) is 28.4 Å². The van der Waals surface area contributed by atoms with Crippen LogP contribution < -0.4 is 16.2 Å². The van der Waals surface area contributed by atoms with Gasteiger partial charge >= 0.3 is 6.09 Å². The molecule has 3 N–H and O–H groups in total. The standard InChI is InChI=1S/C23H29Cl3N6O3/c1-14(2)13-35-23(34)31-9-6-15(7-10-31)8-11-32(27)20-16(12-28-22(26)30-20)21(33)29-19-17(24)4-3-5-18(19)25/h3-5,12,14-15H,6-11,13,27H2,1-2H3,(H,29,33). The van der Waals surface area contributed by atoms with Gasteiger partial charge < -0.3 is 15.0 Å². The van der Waals surface area contributed by atoms with Gasteiger partial charge in [0.25, 0.3) is 5.91 Å². The molecule has 1 aliphatic rings. The number of hydrogen-bond donors (Lipinski definition) is 2. The zero-order chi connectivity index (χ0) is 25.5. The van der Waals surface area contributed by atoms with Crippen LogP contribution in [0.5, 0.6) is 0 Å². The Morgan fingerprint density at radius 1 is 1.23 bits per heavy atom. The number of likely N-dealkylation sites (tertiary alicyclic amines) is 1. The summed E-state index contributed by atoms with van der Waals surface area (Å²) in [6.07, 6.45) is 3.49. The highest BCUT2D eigenvalue weighted by atomic mass is 35.5. The third-order valence-electron chi connectivity index (χ3n) is 5.65. The fourth-order valence-corrected chi connectivity index (χ4v) is 4.31. The monoisotopic (exact) mass is 542 g/mol. The second kappa shape index (κ2) is 12.6. The second-order valence-corrected chi connectivity index (χ2v) is 9.96. The first-order valence-corrected chi connectivity index (χ1v) is 12.5. The lowest BCUT2D eigenvalue weighted by Crippen LogP contribution is -2.41. The van der Waals surface area contributed by atoms with E-state index in [9.17, 15) is 9.59 Å². The normalized spacial score (nSPS) is 14.2. The van der Waals surface area contributed by atoms with Gasteiger partial charge in [-0.15, -0.1) is 0 Å². The minimum absolute atomic E-state index is 0.0315. The topological polar surface area (TPSA) is 114 Å². The van der Waals surface area contributed by atoms with Gasteiger partial charge in [-0.3, -0.25) is 9.80 Å². The summed E-state index contributed by atoms with van der Waals surface area (Å²) in [4.78, 5) is 35.0. The Bertz CT molecular complexity index is 1030. The van der Waals surface area contributed by atoms with Gasteiger partial charge in [-0.05, 0) is 54.8 Å². The number of rotatable bonds is 8. The molecule has 0 spiro atoms. The molecule has 0 bridgehead atoms. The van der Waals surface area contributed by atoms with Gasteiger partial charge in [0, 0.05) is 25.8 Å². The minimum Gasteiger partial charge on any atom is -0.449 e. The number of anilines is 2. The van der Waals surface area contributed by atoms with Gasteiger partial charge in [-0.1, -0.05) is 43.1 Å². The number of amides is 2. The molecule has 190 valence electrons. The molecule has 3 rings (SSSR count). The van der Waals surface area contributed by atoms with Crippen molar-refractivity contribution in [3.63, 3.8) is 0 Å². The molecule has 35 heavy (non-hydrogen) atoms. The van der Waals surface area contributed by atoms with Gasteiger partial charge in [-0.2, -0.15) is 4.98 Å². The molecule has 9 nitrogen and oxygen atoms in total. The summed E-state index contributed by atoms with van der Waals surface area (Å²) in [5, 5.41) is 4.64. The van der Waals surface area contributed by atoms with E-state index < -0.39 is 5.91 Å². The van der Waals surface area contributed by atoms with Crippen LogP contribution in [0, 0.1) is 11.8 Å². The highest BCUT2D eigenvalue weighted by Gasteiger charge is 2.25. The van der Waals surface area contributed by atoms with Crippen LogP contribution in [0.1, 0.15) is 43.5 Å². The molecule has 1 aromatic heterocycles. The number of hydrazine groups is 1. The number of halogens is 3. The van der Waals surface area contributed by atoms with E-state index in [2.05, 4.69) is 15.3 Å². The maximum Gasteiger partial charge on any atom is 0.409 e. The van der Waals surface area contributed by atoms with Gasteiger partial charge in [0.1, 0.15) is 5.56 Å². The molecule has 2 heterocycles. The number of para-hydroxylation sites is 1. The molecular formula is C23H29Cl3N6O3. The Hall–Kier alpha value is -2.33. The Balaban J connectivity index is 1.59. The van der Waals surface area contributed by atoms with Crippen LogP contribution in [0.15, 0.2) is 24.4 Å². The van der Waals surface area contributed by atoms with Crippen molar-refractivity contribution in [2.75, 3.05) is 36.6 Å².